The van der Waals surface area contributed by atoms with Crippen molar-refractivity contribution in [2.24, 2.45) is 17.3 Å². The maximum absolute atomic E-state index is 13.1. The van der Waals surface area contributed by atoms with E-state index in [1.165, 1.54) is 0 Å². The lowest BCUT2D eigenvalue weighted by Crippen LogP contribution is -2.58. The molecule has 4 fully saturated rings. The van der Waals surface area contributed by atoms with Crippen molar-refractivity contribution < 1.29 is 19.4 Å². The lowest BCUT2D eigenvalue weighted by molar-refractivity contribution is -0.196. The Morgan fingerprint density at radius 2 is 1.93 bits per heavy atom. The Kier molecular flexibility index (Phi) is 4.70. The molecule has 0 spiro atoms. The van der Waals surface area contributed by atoms with Gasteiger partial charge in [0, 0.05) is 16.7 Å². The van der Waals surface area contributed by atoms with E-state index >= 15 is 0 Å². The molecule has 1 aromatic rings. The van der Waals surface area contributed by atoms with Crippen LogP contribution >= 0.6 is 11.8 Å². The van der Waals surface area contributed by atoms with Crippen LogP contribution in [0.4, 0.5) is 5.69 Å². The van der Waals surface area contributed by atoms with E-state index in [0.29, 0.717) is 30.1 Å². The fourth-order valence-corrected chi connectivity index (χ4v) is 7.67. The Balaban J connectivity index is 1.28. The highest BCUT2D eigenvalue weighted by Gasteiger charge is 2.61. The average Bonchev–Trinajstić information content (AvgIpc) is 2.82. The fraction of sp³-hybridized carbons (Fsp3) is 0.652. The minimum absolute atomic E-state index is 0.163. The lowest BCUT2D eigenvalue weighted by Gasteiger charge is -2.58. The number of thioether (sulfide) groups is 1. The van der Waals surface area contributed by atoms with Crippen LogP contribution in [0.15, 0.2) is 29.2 Å². The van der Waals surface area contributed by atoms with Crippen molar-refractivity contribution in [2.45, 2.75) is 67.6 Å². The minimum Gasteiger partial charge on any atom is -0.455 e. The lowest BCUT2D eigenvalue weighted by atomic mass is 9.48. The van der Waals surface area contributed by atoms with Crippen molar-refractivity contribution >= 4 is 29.3 Å². The first kappa shape index (κ1) is 19.4. The summed E-state index contributed by atoms with van der Waals surface area (Å²) in [5.41, 5.74) is -0.378. The second kappa shape index (κ2) is 7.02. The maximum Gasteiger partial charge on any atom is 0.312 e. The number of hydrogen-bond acceptors (Lipinski definition) is 5. The zero-order chi connectivity index (χ0) is 20.2. The molecule has 0 saturated heterocycles. The standard InChI is InChI=1S/C23H29NO4S/c1-15-6-7-24(18-4-2-3-5-19(18)29-15)20(25)13-28-21(26)22-9-16-8-17(10-22)12-23(27,11-16)14-22/h2-5,15-17,27H,6-14H2,1H3/t15-,16-,17+,22?,23?/m1/s1. The summed E-state index contributed by atoms with van der Waals surface area (Å²) in [5, 5.41) is 11.3. The van der Waals surface area contributed by atoms with Gasteiger partial charge in [-0.25, -0.2) is 0 Å². The van der Waals surface area contributed by atoms with Crippen LogP contribution in [-0.4, -0.2) is 41.0 Å². The Morgan fingerprint density at radius 1 is 1.21 bits per heavy atom. The van der Waals surface area contributed by atoms with Crippen molar-refractivity contribution in [1.29, 1.82) is 0 Å². The van der Waals surface area contributed by atoms with E-state index in [4.69, 9.17) is 4.74 Å². The zero-order valence-corrected chi connectivity index (χ0v) is 17.7. The highest BCUT2D eigenvalue weighted by atomic mass is 32.2. The van der Waals surface area contributed by atoms with Crippen LogP contribution in [0.2, 0.25) is 0 Å². The zero-order valence-electron chi connectivity index (χ0n) is 16.9. The van der Waals surface area contributed by atoms with Crippen LogP contribution in [0.3, 0.4) is 0 Å². The highest BCUT2D eigenvalue weighted by Crippen LogP contribution is 2.62. The molecule has 6 heteroatoms. The Morgan fingerprint density at radius 3 is 2.66 bits per heavy atom. The summed E-state index contributed by atoms with van der Waals surface area (Å²) in [6.45, 7) is 2.59. The number of amides is 1. The van der Waals surface area contributed by atoms with E-state index in [1.807, 2.05) is 24.3 Å². The van der Waals surface area contributed by atoms with E-state index in [-0.39, 0.29) is 18.5 Å². The van der Waals surface area contributed by atoms with Gasteiger partial charge < -0.3 is 14.7 Å². The number of benzene rings is 1. The minimum atomic E-state index is -0.704. The molecule has 2 unspecified atom stereocenters. The van der Waals surface area contributed by atoms with E-state index in [9.17, 15) is 14.7 Å². The molecular formula is C23H29NO4S. The number of esters is 1. The van der Waals surface area contributed by atoms with Gasteiger partial charge in [-0.1, -0.05) is 19.1 Å². The summed E-state index contributed by atoms with van der Waals surface area (Å²) in [4.78, 5) is 29.0. The number of carbonyl (C=O) groups excluding carboxylic acids is 2. The van der Waals surface area contributed by atoms with Gasteiger partial charge in [-0.3, -0.25) is 9.59 Å². The number of nitrogens with zero attached hydrogens (tertiary/aromatic N) is 1. The van der Waals surface area contributed by atoms with Crippen LogP contribution in [0, 0.1) is 17.3 Å². The molecular weight excluding hydrogens is 386 g/mol. The molecule has 5 aliphatic rings. The molecule has 1 aromatic carbocycles. The van der Waals surface area contributed by atoms with Crippen molar-refractivity contribution in [3.8, 4) is 0 Å². The van der Waals surface area contributed by atoms with E-state index in [0.717, 1.165) is 49.1 Å². The van der Waals surface area contributed by atoms with Crippen LogP contribution < -0.4 is 4.90 Å². The van der Waals surface area contributed by atoms with Crippen molar-refractivity contribution in [3.63, 3.8) is 0 Å². The Labute approximate surface area is 176 Å². The van der Waals surface area contributed by atoms with Gasteiger partial charge in [-0.2, -0.15) is 0 Å². The number of anilines is 1. The summed E-state index contributed by atoms with van der Waals surface area (Å²) in [6, 6.07) is 7.95. The molecule has 1 N–H and O–H groups in total. The van der Waals surface area contributed by atoms with Gasteiger partial charge in [0.2, 0.25) is 0 Å². The van der Waals surface area contributed by atoms with E-state index < -0.39 is 11.0 Å². The van der Waals surface area contributed by atoms with Crippen LogP contribution in [0.25, 0.3) is 0 Å². The van der Waals surface area contributed by atoms with Crippen LogP contribution in [-0.2, 0) is 14.3 Å². The van der Waals surface area contributed by atoms with Gasteiger partial charge in [-0.15, -0.1) is 11.8 Å². The summed E-state index contributed by atoms with van der Waals surface area (Å²) in [5.74, 6) is 0.397. The third-order valence-electron chi connectivity index (χ3n) is 7.33. The van der Waals surface area contributed by atoms with Crippen LogP contribution in [0.1, 0.15) is 51.9 Å². The third-order valence-corrected chi connectivity index (χ3v) is 8.57. The smallest absolute Gasteiger partial charge is 0.312 e. The monoisotopic (exact) mass is 415 g/mol. The third kappa shape index (κ3) is 3.48. The van der Waals surface area contributed by atoms with Gasteiger partial charge in [0.05, 0.1) is 16.7 Å². The van der Waals surface area contributed by atoms with Crippen molar-refractivity contribution in [2.75, 3.05) is 18.1 Å². The number of carbonyl (C=O) groups is 2. The molecule has 4 bridgehead atoms. The second-order valence-electron chi connectivity index (χ2n) is 9.77. The molecule has 1 amide bonds. The van der Waals surface area contributed by atoms with Gasteiger partial charge in [0.15, 0.2) is 6.61 Å². The SMILES string of the molecule is C[C@@H]1CCN(C(=O)COC(=O)C23C[C@@H]4C[C@@H](CC(O)(C4)C2)C3)c2ccccc2S1. The molecule has 4 saturated carbocycles. The molecule has 29 heavy (non-hydrogen) atoms. The number of para-hydroxylation sites is 1. The quantitative estimate of drug-likeness (QED) is 0.761. The first-order valence-electron chi connectivity index (χ1n) is 10.8. The first-order valence-corrected chi connectivity index (χ1v) is 11.7. The molecule has 0 aromatic heterocycles. The van der Waals surface area contributed by atoms with Gasteiger partial charge in [-0.05, 0) is 68.9 Å². The van der Waals surface area contributed by atoms with Crippen LogP contribution in [0.5, 0.6) is 0 Å². The molecule has 0 radical (unpaired) electrons. The Hall–Kier alpha value is -1.53. The van der Waals surface area contributed by atoms with Gasteiger partial charge >= 0.3 is 5.97 Å². The summed E-state index contributed by atoms with van der Waals surface area (Å²) in [6.07, 6.45) is 5.77. The fourth-order valence-electron chi connectivity index (χ4n) is 6.56. The number of aliphatic hydroxyl groups is 1. The Bertz CT molecular complexity index is 826. The number of fused-ring (bicyclic) bond motifs is 1. The van der Waals surface area contributed by atoms with Crippen molar-refractivity contribution in [1.82, 2.24) is 0 Å². The average molecular weight is 416 g/mol. The molecule has 1 aliphatic heterocycles. The number of rotatable bonds is 3. The predicted octanol–water partition coefficient (Wildman–Crippen LogP) is 3.78. The molecule has 6 rings (SSSR count). The molecule has 5 nitrogen and oxygen atoms in total. The number of ether oxygens (including phenoxy) is 1. The topological polar surface area (TPSA) is 66.8 Å². The van der Waals surface area contributed by atoms with Gasteiger partial charge in [0.25, 0.3) is 5.91 Å². The summed E-state index contributed by atoms with van der Waals surface area (Å²) < 4.78 is 5.62. The molecule has 1 heterocycles. The summed E-state index contributed by atoms with van der Waals surface area (Å²) in [7, 11) is 0. The molecule has 4 aliphatic carbocycles. The highest BCUT2D eigenvalue weighted by molar-refractivity contribution is 8.00. The van der Waals surface area contributed by atoms with Crippen molar-refractivity contribution in [3.05, 3.63) is 24.3 Å². The largest absolute Gasteiger partial charge is 0.455 e. The first-order chi connectivity index (χ1) is 13.9. The maximum atomic E-state index is 13.1. The van der Waals surface area contributed by atoms with Gasteiger partial charge in [0.1, 0.15) is 0 Å². The predicted molar refractivity (Wildman–Crippen MR) is 112 cm³/mol. The van der Waals surface area contributed by atoms with E-state index in [1.54, 1.807) is 16.7 Å². The number of hydrogen-bond donors (Lipinski definition) is 1. The molecule has 5 atom stereocenters. The second-order valence-corrected chi connectivity index (χ2v) is 11.3. The summed E-state index contributed by atoms with van der Waals surface area (Å²) >= 11 is 1.79. The molecule has 156 valence electrons. The normalized spacial score (nSPS) is 37.7. The van der Waals surface area contributed by atoms with E-state index in [2.05, 4.69) is 6.92 Å².